The van der Waals surface area contributed by atoms with Gasteiger partial charge in [0.1, 0.15) is 0 Å². The number of carbonyl (C=O) groups excluding carboxylic acids is 1. The van der Waals surface area contributed by atoms with E-state index in [4.69, 9.17) is 5.73 Å². The van der Waals surface area contributed by atoms with Crippen LogP contribution in [-0.2, 0) is 0 Å². The third-order valence-corrected chi connectivity index (χ3v) is 4.46. The number of benzene rings is 3. The van der Waals surface area contributed by atoms with Gasteiger partial charge in [-0.2, -0.15) is 0 Å². The van der Waals surface area contributed by atoms with Crippen LogP contribution in [-0.4, -0.2) is 10.8 Å². The Morgan fingerprint density at radius 3 is 2.15 bits per heavy atom. The predicted molar refractivity (Wildman–Crippen MR) is 110 cm³/mol. The van der Waals surface area contributed by atoms with Gasteiger partial charge in [0, 0.05) is 5.56 Å². The zero-order chi connectivity index (χ0) is 18.2. The molecule has 4 heteroatoms. The molecule has 0 aliphatic carbocycles. The molecule has 1 heterocycles. The van der Waals surface area contributed by atoms with Gasteiger partial charge in [0.15, 0.2) is 10.9 Å². The summed E-state index contributed by atoms with van der Waals surface area (Å²) in [7, 11) is 0. The molecule has 0 aliphatic heterocycles. The Morgan fingerprint density at radius 2 is 1.46 bits per heavy atom. The lowest BCUT2D eigenvalue weighted by atomic mass is 10.1. The van der Waals surface area contributed by atoms with E-state index < -0.39 is 0 Å². The van der Waals surface area contributed by atoms with Crippen LogP contribution in [0.5, 0.6) is 0 Å². The lowest BCUT2D eigenvalue weighted by molar-refractivity contribution is 0.104. The average Bonchev–Trinajstić information content (AvgIpc) is 3.08. The Hall–Kier alpha value is -3.24. The number of hydrogen-bond donors (Lipinski definition) is 1. The van der Waals surface area contributed by atoms with Crippen molar-refractivity contribution in [2.24, 2.45) is 0 Å². The summed E-state index contributed by atoms with van der Waals surface area (Å²) in [4.78, 5) is 15.8. The first-order valence-electron chi connectivity index (χ1n) is 8.16. The zero-order valence-corrected chi connectivity index (χ0v) is 14.9. The number of allylic oxidation sites excluding steroid dienone is 1. The minimum absolute atomic E-state index is 0.0319. The van der Waals surface area contributed by atoms with Crippen molar-refractivity contribution in [1.82, 2.24) is 4.98 Å². The van der Waals surface area contributed by atoms with Crippen LogP contribution in [0.1, 0.15) is 15.9 Å². The number of rotatable bonds is 3. The second-order valence-electron chi connectivity index (χ2n) is 5.49. The molecule has 0 unspecified atom stereocenters. The lowest BCUT2D eigenvalue weighted by Gasteiger charge is -1.94. The monoisotopic (exact) mass is 358 g/mol. The Balaban J connectivity index is 0.000000167. The molecule has 2 N–H and O–H groups in total. The summed E-state index contributed by atoms with van der Waals surface area (Å²) in [6.45, 7) is 0. The molecule has 3 aromatic carbocycles. The van der Waals surface area contributed by atoms with Crippen molar-refractivity contribution >= 4 is 38.5 Å². The standard InChI is InChI=1S/C15H12O.C7H6N2S/c16-15(14-9-5-2-6-10-14)12-11-13-7-3-1-4-8-13;8-7-9-5-3-1-2-4-6(5)10-7/h1-12H;1-4H,(H2,8,9). The number of fused-ring (bicyclic) bond motifs is 1. The number of anilines is 1. The van der Waals surface area contributed by atoms with Gasteiger partial charge in [0.25, 0.3) is 0 Å². The summed E-state index contributed by atoms with van der Waals surface area (Å²) in [6, 6.07) is 27.0. The van der Waals surface area contributed by atoms with E-state index in [2.05, 4.69) is 4.98 Å². The molecule has 0 spiro atoms. The van der Waals surface area contributed by atoms with Gasteiger partial charge in [0.2, 0.25) is 0 Å². The molecule has 3 nitrogen and oxygen atoms in total. The number of aromatic nitrogens is 1. The average molecular weight is 358 g/mol. The summed E-state index contributed by atoms with van der Waals surface area (Å²) in [5.74, 6) is 0.0319. The van der Waals surface area contributed by atoms with Crippen molar-refractivity contribution in [2.45, 2.75) is 0 Å². The van der Waals surface area contributed by atoms with Crippen molar-refractivity contribution in [3.63, 3.8) is 0 Å². The topological polar surface area (TPSA) is 56.0 Å². The van der Waals surface area contributed by atoms with Crippen molar-refractivity contribution in [3.05, 3.63) is 102 Å². The number of para-hydroxylation sites is 1. The van der Waals surface area contributed by atoms with E-state index in [0.29, 0.717) is 5.13 Å². The summed E-state index contributed by atoms with van der Waals surface area (Å²) in [5.41, 5.74) is 8.24. The number of carbonyl (C=O) groups is 1. The summed E-state index contributed by atoms with van der Waals surface area (Å²) in [6.07, 6.45) is 3.43. The van der Waals surface area contributed by atoms with Crippen LogP contribution in [0.4, 0.5) is 5.13 Å². The number of nitrogens with zero attached hydrogens (tertiary/aromatic N) is 1. The highest BCUT2D eigenvalue weighted by Crippen LogP contribution is 2.22. The first kappa shape index (κ1) is 17.6. The largest absolute Gasteiger partial charge is 0.375 e. The first-order valence-corrected chi connectivity index (χ1v) is 8.97. The van der Waals surface area contributed by atoms with E-state index in [1.165, 1.54) is 11.3 Å². The van der Waals surface area contributed by atoms with Crippen LogP contribution in [0.25, 0.3) is 16.3 Å². The van der Waals surface area contributed by atoms with Crippen molar-refractivity contribution in [2.75, 3.05) is 5.73 Å². The molecule has 0 aliphatic rings. The van der Waals surface area contributed by atoms with Crippen LogP contribution < -0.4 is 5.73 Å². The Morgan fingerprint density at radius 1 is 0.846 bits per heavy atom. The van der Waals surface area contributed by atoms with Crippen molar-refractivity contribution in [1.29, 1.82) is 0 Å². The van der Waals surface area contributed by atoms with Crippen LogP contribution in [0, 0.1) is 0 Å². The van der Waals surface area contributed by atoms with E-state index >= 15 is 0 Å². The highest BCUT2D eigenvalue weighted by molar-refractivity contribution is 7.22. The fourth-order valence-corrected chi connectivity index (χ4v) is 3.06. The van der Waals surface area contributed by atoms with E-state index in [9.17, 15) is 4.79 Å². The fraction of sp³-hybridized carbons (Fsp3) is 0. The third kappa shape index (κ3) is 4.88. The van der Waals surface area contributed by atoms with Crippen molar-refractivity contribution in [3.8, 4) is 0 Å². The molecule has 0 radical (unpaired) electrons. The van der Waals surface area contributed by atoms with E-state index in [0.717, 1.165) is 21.3 Å². The predicted octanol–water partition coefficient (Wildman–Crippen LogP) is 5.46. The molecule has 0 amide bonds. The van der Waals surface area contributed by atoms with Crippen LogP contribution in [0.2, 0.25) is 0 Å². The third-order valence-electron chi connectivity index (χ3n) is 3.60. The molecular formula is C22H18N2OS. The van der Waals surface area contributed by atoms with E-state index in [-0.39, 0.29) is 5.78 Å². The van der Waals surface area contributed by atoms with Crippen LogP contribution in [0.3, 0.4) is 0 Å². The van der Waals surface area contributed by atoms with Gasteiger partial charge in [-0.25, -0.2) is 4.98 Å². The highest BCUT2D eigenvalue weighted by atomic mass is 32.1. The van der Waals surface area contributed by atoms with Crippen LogP contribution >= 0.6 is 11.3 Å². The minimum atomic E-state index is 0.0319. The minimum Gasteiger partial charge on any atom is -0.375 e. The SMILES string of the molecule is Nc1nc2ccccc2s1.O=C(C=Cc1ccccc1)c1ccccc1. The summed E-state index contributed by atoms with van der Waals surface area (Å²) >= 11 is 1.52. The molecule has 0 fully saturated rings. The maximum atomic E-state index is 11.7. The van der Waals surface area contributed by atoms with Gasteiger partial charge >= 0.3 is 0 Å². The van der Waals surface area contributed by atoms with Gasteiger partial charge < -0.3 is 5.73 Å². The molecule has 0 saturated heterocycles. The number of nitrogens with two attached hydrogens (primary N) is 1. The number of ketones is 1. The fourth-order valence-electron chi connectivity index (χ4n) is 2.32. The Kier molecular flexibility index (Phi) is 5.91. The molecular weight excluding hydrogens is 340 g/mol. The molecule has 0 bridgehead atoms. The van der Waals surface area contributed by atoms with Crippen LogP contribution in [0.15, 0.2) is 91.0 Å². The number of nitrogen functional groups attached to an aromatic ring is 1. The number of hydrogen-bond acceptors (Lipinski definition) is 4. The molecule has 128 valence electrons. The number of thiazole rings is 1. The van der Waals surface area contributed by atoms with Gasteiger partial charge in [-0.15, -0.1) is 0 Å². The second kappa shape index (κ2) is 8.74. The summed E-state index contributed by atoms with van der Waals surface area (Å²) in [5, 5.41) is 0.640. The molecule has 0 saturated carbocycles. The smallest absolute Gasteiger partial charge is 0.185 e. The molecule has 4 rings (SSSR count). The van der Waals surface area contributed by atoms with E-state index in [1.807, 2.05) is 91.0 Å². The molecule has 26 heavy (non-hydrogen) atoms. The lowest BCUT2D eigenvalue weighted by Crippen LogP contribution is -1.92. The Bertz CT molecular complexity index is 975. The van der Waals surface area contributed by atoms with Gasteiger partial charge in [-0.3, -0.25) is 4.79 Å². The highest BCUT2D eigenvalue weighted by Gasteiger charge is 1.98. The molecule has 0 atom stereocenters. The second-order valence-corrected chi connectivity index (χ2v) is 6.56. The maximum absolute atomic E-state index is 11.7. The van der Waals surface area contributed by atoms with Gasteiger partial charge in [0.05, 0.1) is 10.2 Å². The first-order chi connectivity index (χ1) is 12.7. The van der Waals surface area contributed by atoms with Gasteiger partial charge in [-0.05, 0) is 23.8 Å². The van der Waals surface area contributed by atoms with Gasteiger partial charge in [-0.1, -0.05) is 90.2 Å². The van der Waals surface area contributed by atoms with Crippen molar-refractivity contribution < 1.29 is 4.79 Å². The normalized spacial score (nSPS) is 10.5. The Labute approximate surface area is 156 Å². The molecule has 4 aromatic rings. The zero-order valence-electron chi connectivity index (χ0n) is 14.1. The van der Waals surface area contributed by atoms with E-state index in [1.54, 1.807) is 6.08 Å². The quantitative estimate of drug-likeness (QED) is 0.391. The molecule has 1 aromatic heterocycles. The summed E-state index contributed by atoms with van der Waals surface area (Å²) < 4.78 is 1.15. The maximum Gasteiger partial charge on any atom is 0.185 e.